The van der Waals surface area contributed by atoms with Crippen molar-refractivity contribution < 1.29 is 14.7 Å². The van der Waals surface area contributed by atoms with Gasteiger partial charge < -0.3 is 15.3 Å². The largest absolute Gasteiger partial charge is 0.481 e. The van der Waals surface area contributed by atoms with Gasteiger partial charge in [0.2, 0.25) is 0 Å². The zero-order valence-corrected chi connectivity index (χ0v) is 12.4. The number of aromatic nitrogens is 3. The summed E-state index contributed by atoms with van der Waals surface area (Å²) in [6.07, 6.45) is 3.20. The van der Waals surface area contributed by atoms with E-state index in [4.69, 9.17) is 0 Å². The Bertz CT molecular complexity index is 530. The molecule has 0 bridgehead atoms. The van der Waals surface area contributed by atoms with Gasteiger partial charge in [0, 0.05) is 33.1 Å². The molecule has 1 aromatic heterocycles. The van der Waals surface area contributed by atoms with Crippen molar-refractivity contribution in [1.82, 2.24) is 25.0 Å². The first-order valence-corrected chi connectivity index (χ1v) is 7.07. The SMILES string of the molecule is CCC1(C(=O)O)CCN(C(=O)NCCc2ncn(C)n2)C1. The van der Waals surface area contributed by atoms with Crippen LogP contribution in [0.25, 0.3) is 0 Å². The standard InChI is InChI=1S/C13H21N5O3/c1-3-13(11(19)20)5-7-18(8-13)12(21)14-6-4-10-15-9-17(2)16-10/h9H,3-8H2,1-2H3,(H,14,21)(H,19,20). The average molecular weight is 295 g/mol. The van der Waals surface area contributed by atoms with Gasteiger partial charge in [-0.1, -0.05) is 6.92 Å². The number of nitrogens with zero attached hydrogens (tertiary/aromatic N) is 4. The predicted octanol–water partition coefficient (Wildman–Crippen LogP) is 0.254. The van der Waals surface area contributed by atoms with E-state index in [1.54, 1.807) is 23.0 Å². The molecule has 1 atom stereocenters. The Kier molecular flexibility index (Phi) is 4.44. The van der Waals surface area contributed by atoms with Crippen LogP contribution in [0.3, 0.4) is 0 Å². The first-order chi connectivity index (χ1) is 9.97. The summed E-state index contributed by atoms with van der Waals surface area (Å²) in [5.74, 6) is -0.148. The van der Waals surface area contributed by atoms with Gasteiger partial charge in [0.25, 0.3) is 0 Å². The number of carbonyl (C=O) groups is 2. The molecule has 1 fully saturated rings. The molecule has 0 spiro atoms. The van der Waals surface area contributed by atoms with Crippen molar-refractivity contribution in [3.63, 3.8) is 0 Å². The summed E-state index contributed by atoms with van der Waals surface area (Å²) in [5, 5.41) is 16.2. The van der Waals surface area contributed by atoms with Gasteiger partial charge in [-0.15, -0.1) is 0 Å². The Balaban J connectivity index is 1.80. The van der Waals surface area contributed by atoms with Crippen LogP contribution in [0, 0.1) is 5.41 Å². The van der Waals surface area contributed by atoms with Crippen LogP contribution >= 0.6 is 0 Å². The summed E-state index contributed by atoms with van der Waals surface area (Å²) in [7, 11) is 1.79. The van der Waals surface area contributed by atoms with Gasteiger partial charge in [0.1, 0.15) is 6.33 Å². The lowest BCUT2D eigenvalue weighted by atomic mass is 9.84. The molecule has 2 rings (SSSR count). The molecule has 8 nitrogen and oxygen atoms in total. The van der Waals surface area contributed by atoms with E-state index >= 15 is 0 Å². The monoisotopic (exact) mass is 295 g/mol. The predicted molar refractivity (Wildman–Crippen MR) is 74.7 cm³/mol. The third-order valence-electron chi connectivity index (χ3n) is 4.04. The van der Waals surface area contributed by atoms with Crippen molar-refractivity contribution in [1.29, 1.82) is 0 Å². The summed E-state index contributed by atoms with van der Waals surface area (Å²) in [6.45, 7) is 3.04. The van der Waals surface area contributed by atoms with Crippen LogP contribution in [-0.2, 0) is 18.3 Å². The van der Waals surface area contributed by atoms with E-state index in [2.05, 4.69) is 15.4 Å². The summed E-state index contributed by atoms with van der Waals surface area (Å²) in [5.41, 5.74) is -0.792. The molecule has 1 aromatic rings. The highest BCUT2D eigenvalue weighted by atomic mass is 16.4. The summed E-state index contributed by atoms with van der Waals surface area (Å²) >= 11 is 0. The van der Waals surface area contributed by atoms with E-state index in [1.165, 1.54) is 0 Å². The lowest BCUT2D eigenvalue weighted by Gasteiger charge is -2.23. The molecule has 1 aliphatic heterocycles. The molecule has 2 heterocycles. The number of hydrogen-bond donors (Lipinski definition) is 2. The second kappa shape index (κ2) is 6.11. The van der Waals surface area contributed by atoms with Crippen LogP contribution in [0.15, 0.2) is 6.33 Å². The molecule has 1 aliphatic rings. The number of rotatable bonds is 5. The minimum absolute atomic E-state index is 0.220. The highest BCUT2D eigenvalue weighted by molar-refractivity contribution is 5.79. The van der Waals surface area contributed by atoms with Crippen molar-refractivity contribution in [2.75, 3.05) is 19.6 Å². The molecule has 8 heteroatoms. The van der Waals surface area contributed by atoms with Gasteiger partial charge in [0.15, 0.2) is 5.82 Å². The Morgan fingerprint density at radius 2 is 2.29 bits per heavy atom. The zero-order valence-electron chi connectivity index (χ0n) is 12.4. The van der Waals surface area contributed by atoms with Crippen LogP contribution in [0.5, 0.6) is 0 Å². The molecular weight excluding hydrogens is 274 g/mol. The number of carbonyl (C=O) groups excluding carboxylic acids is 1. The number of amides is 2. The normalized spacial score (nSPS) is 21.5. The fourth-order valence-corrected chi connectivity index (χ4v) is 2.55. The molecule has 1 unspecified atom stereocenters. The number of carboxylic acid groups (broad SMARTS) is 1. The number of aliphatic carboxylic acids is 1. The van der Waals surface area contributed by atoms with E-state index in [9.17, 15) is 14.7 Å². The van der Waals surface area contributed by atoms with E-state index < -0.39 is 11.4 Å². The van der Waals surface area contributed by atoms with Gasteiger partial charge in [-0.3, -0.25) is 9.48 Å². The van der Waals surface area contributed by atoms with E-state index in [0.29, 0.717) is 38.2 Å². The first-order valence-electron chi connectivity index (χ1n) is 7.07. The van der Waals surface area contributed by atoms with Crippen molar-refractivity contribution >= 4 is 12.0 Å². The molecule has 21 heavy (non-hydrogen) atoms. The lowest BCUT2D eigenvalue weighted by Crippen LogP contribution is -2.42. The number of urea groups is 1. The summed E-state index contributed by atoms with van der Waals surface area (Å²) < 4.78 is 1.61. The smallest absolute Gasteiger partial charge is 0.317 e. The highest BCUT2D eigenvalue weighted by Gasteiger charge is 2.44. The van der Waals surface area contributed by atoms with E-state index in [0.717, 1.165) is 0 Å². The molecule has 0 aliphatic carbocycles. The van der Waals surface area contributed by atoms with Crippen LogP contribution in [0.2, 0.25) is 0 Å². The Morgan fingerprint density at radius 3 is 2.81 bits per heavy atom. The maximum absolute atomic E-state index is 12.0. The van der Waals surface area contributed by atoms with Crippen LogP contribution in [-0.4, -0.2) is 56.4 Å². The number of aryl methyl sites for hydroxylation is 1. The van der Waals surface area contributed by atoms with Crippen LogP contribution in [0.1, 0.15) is 25.6 Å². The molecule has 0 aromatic carbocycles. The quantitative estimate of drug-likeness (QED) is 0.811. The van der Waals surface area contributed by atoms with Crippen LogP contribution < -0.4 is 5.32 Å². The van der Waals surface area contributed by atoms with E-state index in [-0.39, 0.29) is 12.6 Å². The minimum atomic E-state index is -0.821. The first kappa shape index (κ1) is 15.3. The molecule has 116 valence electrons. The topological polar surface area (TPSA) is 100 Å². The number of hydrogen-bond acceptors (Lipinski definition) is 4. The van der Waals surface area contributed by atoms with Gasteiger partial charge in [-0.05, 0) is 12.8 Å². The minimum Gasteiger partial charge on any atom is -0.481 e. The molecule has 2 amide bonds. The van der Waals surface area contributed by atoms with Crippen molar-refractivity contribution in [3.05, 3.63) is 12.2 Å². The molecule has 1 saturated heterocycles. The van der Waals surface area contributed by atoms with Crippen molar-refractivity contribution in [2.24, 2.45) is 12.5 Å². The van der Waals surface area contributed by atoms with E-state index in [1.807, 2.05) is 6.92 Å². The van der Waals surface area contributed by atoms with Crippen molar-refractivity contribution in [2.45, 2.75) is 26.2 Å². The third-order valence-corrected chi connectivity index (χ3v) is 4.04. The van der Waals surface area contributed by atoms with Gasteiger partial charge >= 0.3 is 12.0 Å². The summed E-state index contributed by atoms with van der Waals surface area (Å²) in [4.78, 5) is 29.0. The van der Waals surface area contributed by atoms with Crippen molar-refractivity contribution in [3.8, 4) is 0 Å². The maximum Gasteiger partial charge on any atom is 0.317 e. The van der Waals surface area contributed by atoms with Gasteiger partial charge in [-0.2, -0.15) is 5.10 Å². The fourth-order valence-electron chi connectivity index (χ4n) is 2.55. The lowest BCUT2D eigenvalue weighted by molar-refractivity contribution is -0.148. The average Bonchev–Trinajstić information content (AvgIpc) is 3.06. The van der Waals surface area contributed by atoms with Gasteiger partial charge in [-0.25, -0.2) is 9.78 Å². The number of carboxylic acids is 1. The Hall–Kier alpha value is -2.12. The molecule has 0 saturated carbocycles. The highest BCUT2D eigenvalue weighted by Crippen LogP contribution is 2.34. The second-order valence-electron chi connectivity index (χ2n) is 5.43. The zero-order chi connectivity index (χ0) is 15.5. The third kappa shape index (κ3) is 3.32. The second-order valence-corrected chi connectivity index (χ2v) is 5.43. The van der Waals surface area contributed by atoms with Gasteiger partial charge in [0.05, 0.1) is 5.41 Å². The molecule has 0 radical (unpaired) electrons. The number of likely N-dealkylation sites (tertiary alicyclic amines) is 1. The Morgan fingerprint density at radius 1 is 1.52 bits per heavy atom. The summed E-state index contributed by atoms with van der Waals surface area (Å²) in [6, 6.07) is -0.220. The van der Waals surface area contributed by atoms with Crippen LogP contribution in [0.4, 0.5) is 4.79 Å². The Labute approximate surface area is 123 Å². The fraction of sp³-hybridized carbons (Fsp3) is 0.692. The number of nitrogens with one attached hydrogen (secondary N) is 1. The maximum atomic E-state index is 12.0. The molecule has 2 N–H and O–H groups in total. The molecular formula is C13H21N5O3.